The lowest BCUT2D eigenvalue weighted by Crippen LogP contribution is -2.38. The lowest BCUT2D eigenvalue weighted by atomic mass is 9.86. The molecule has 1 aliphatic rings. The van der Waals surface area contributed by atoms with Crippen LogP contribution in [0, 0.1) is 5.92 Å². The van der Waals surface area contributed by atoms with Crippen molar-refractivity contribution in [2.24, 2.45) is 5.92 Å². The van der Waals surface area contributed by atoms with E-state index in [9.17, 15) is 9.59 Å². The normalized spacial score (nSPS) is 21.8. The molecule has 1 fully saturated rings. The van der Waals surface area contributed by atoms with E-state index in [2.05, 4.69) is 5.32 Å². The maximum absolute atomic E-state index is 12.2. The molecule has 0 atom stereocenters. The number of benzene rings is 1. The first-order chi connectivity index (χ1) is 10.1. The monoisotopic (exact) mass is 307 g/mol. The van der Waals surface area contributed by atoms with Crippen LogP contribution in [0.4, 0.5) is 0 Å². The Morgan fingerprint density at radius 1 is 1.19 bits per heavy atom. The number of hydrogen-bond donors (Lipinski definition) is 2. The number of carboxylic acid groups (broad SMARTS) is 1. The molecule has 0 aliphatic heterocycles. The number of hydrogen-bond acceptors (Lipinski definition) is 3. The first-order valence-electron chi connectivity index (χ1n) is 7.21. The number of carbonyl (C=O) groups excluding carboxylic acids is 1. The summed E-state index contributed by atoms with van der Waals surface area (Å²) in [6.45, 7) is 0. The molecular formula is C16H21NO3S. The van der Waals surface area contributed by atoms with E-state index < -0.39 is 5.97 Å². The predicted molar refractivity (Wildman–Crippen MR) is 84.5 cm³/mol. The summed E-state index contributed by atoms with van der Waals surface area (Å²) < 4.78 is 0. The topological polar surface area (TPSA) is 66.4 Å². The molecule has 0 heterocycles. The minimum atomic E-state index is -0.718. The third-order valence-electron chi connectivity index (χ3n) is 3.94. The molecule has 0 spiro atoms. The molecule has 0 unspecified atom stereocenters. The van der Waals surface area contributed by atoms with Crippen LogP contribution in [0.25, 0.3) is 0 Å². The molecule has 1 amide bonds. The summed E-state index contributed by atoms with van der Waals surface area (Å²) in [5, 5.41) is 12.0. The Kier molecular flexibility index (Phi) is 5.67. The third kappa shape index (κ3) is 4.49. The lowest BCUT2D eigenvalue weighted by molar-refractivity contribution is -0.142. The zero-order chi connectivity index (χ0) is 15.2. The zero-order valence-electron chi connectivity index (χ0n) is 12.2. The molecule has 1 aliphatic carbocycles. The van der Waals surface area contributed by atoms with Gasteiger partial charge in [-0.1, -0.05) is 12.1 Å². The summed E-state index contributed by atoms with van der Waals surface area (Å²) >= 11 is 1.75. The van der Waals surface area contributed by atoms with Crippen LogP contribution in [0.2, 0.25) is 0 Å². The van der Waals surface area contributed by atoms with Crippen molar-refractivity contribution in [1.29, 1.82) is 0 Å². The van der Waals surface area contributed by atoms with E-state index in [-0.39, 0.29) is 17.9 Å². The Morgan fingerprint density at radius 2 is 1.81 bits per heavy atom. The Bertz CT molecular complexity index is 493. The van der Waals surface area contributed by atoms with Gasteiger partial charge in [-0.25, -0.2) is 0 Å². The van der Waals surface area contributed by atoms with Gasteiger partial charge in [-0.05, 0) is 49.6 Å². The fraction of sp³-hybridized carbons (Fsp3) is 0.500. The van der Waals surface area contributed by atoms with Crippen LogP contribution in [0.3, 0.4) is 0 Å². The first kappa shape index (κ1) is 15.9. The molecule has 0 radical (unpaired) electrons. The van der Waals surface area contributed by atoms with E-state index in [1.54, 1.807) is 11.8 Å². The Morgan fingerprint density at radius 3 is 2.33 bits per heavy atom. The number of nitrogens with one attached hydrogen (secondary N) is 1. The van der Waals surface area contributed by atoms with E-state index in [1.807, 2.05) is 30.5 Å². The van der Waals surface area contributed by atoms with Crippen molar-refractivity contribution in [3.05, 3.63) is 35.4 Å². The van der Waals surface area contributed by atoms with Crippen molar-refractivity contribution in [1.82, 2.24) is 5.32 Å². The summed E-state index contributed by atoms with van der Waals surface area (Å²) in [4.78, 5) is 23.1. The highest BCUT2D eigenvalue weighted by atomic mass is 32.2. The van der Waals surface area contributed by atoms with Gasteiger partial charge in [-0.2, -0.15) is 11.8 Å². The van der Waals surface area contributed by atoms with Crippen molar-refractivity contribution in [3.8, 4) is 0 Å². The van der Waals surface area contributed by atoms with E-state index in [4.69, 9.17) is 5.11 Å². The second-order valence-corrected chi connectivity index (χ2v) is 6.36. The average molecular weight is 307 g/mol. The summed E-state index contributed by atoms with van der Waals surface area (Å²) in [5.74, 6) is -0.0844. The zero-order valence-corrected chi connectivity index (χ0v) is 13.0. The van der Waals surface area contributed by atoms with Crippen molar-refractivity contribution in [2.45, 2.75) is 37.5 Å². The van der Waals surface area contributed by atoms with E-state index in [1.165, 1.54) is 5.56 Å². The Hall–Kier alpha value is -1.49. The minimum absolute atomic E-state index is 0.0653. The molecule has 0 saturated heterocycles. The van der Waals surface area contributed by atoms with E-state index >= 15 is 0 Å². The molecule has 0 bridgehead atoms. The molecule has 0 aromatic heterocycles. The molecular weight excluding hydrogens is 286 g/mol. The van der Waals surface area contributed by atoms with Gasteiger partial charge in [0, 0.05) is 17.4 Å². The van der Waals surface area contributed by atoms with Gasteiger partial charge in [0.15, 0.2) is 0 Å². The molecule has 114 valence electrons. The minimum Gasteiger partial charge on any atom is -0.481 e. The SMILES string of the molecule is CSCc1ccc(C(=O)NC2CCC(C(=O)O)CC2)cc1. The van der Waals surface area contributed by atoms with Gasteiger partial charge in [0.05, 0.1) is 5.92 Å². The van der Waals surface area contributed by atoms with Gasteiger partial charge in [-0.15, -0.1) is 0 Å². The summed E-state index contributed by atoms with van der Waals surface area (Å²) in [6, 6.07) is 7.76. The maximum Gasteiger partial charge on any atom is 0.306 e. The predicted octanol–water partition coefficient (Wildman–Crippen LogP) is 2.92. The highest BCUT2D eigenvalue weighted by Gasteiger charge is 2.26. The molecule has 2 N–H and O–H groups in total. The van der Waals surface area contributed by atoms with Gasteiger partial charge in [0.2, 0.25) is 0 Å². The van der Waals surface area contributed by atoms with Gasteiger partial charge in [0.1, 0.15) is 0 Å². The fourth-order valence-electron chi connectivity index (χ4n) is 2.67. The highest BCUT2D eigenvalue weighted by molar-refractivity contribution is 7.97. The van der Waals surface area contributed by atoms with Crippen LogP contribution < -0.4 is 5.32 Å². The summed E-state index contributed by atoms with van der Waals surface area (Å²) in [5.41, 5.74) is 1.88. The van der Waals surface area contributed by atoms with Crippen molar-refractivity contribution in [3.63, 3.8) is 0 Å². The number of amides is 1. The second-order valence-electron chi connectivity index (χ2n) is 5.49. The smallest absolute Gasteiger partial charge is 0.306 e. The first-order valence-corrected chi connectivity index (χ1v) is 8.61. The second kappa shape index (κ2) is 7.50. The summed E-state index contributed by atoms with van der Waals surface area (Å²) in [7, 11) is 0. The molecule has 1 aromatic rings. The molecule has 1 saturated carbocycles. The number of carboxylic acids is 1. The van der Waals surface area contributed by atoms with Crippen molar-refractivity contribution in [2.75, 3.05) is 6.26 Å². The number of carbonyl (C=O) groups is 2. The molecule has 4 nitrogen and oxygen atoms in total. The van der Waals surface area contributed by atoms with Crippen LogP contribution >= 0.6 is 11.8 Å². The standard InChI is InChI=1S/C16H21NO3S/c1-21-10-11-2-4-12(5-3-11)15(18)17-14-8-6-13(7-9-14)16(19)20/h2-5,13-14H,6-10H2,1H3,(H,17,18)(H,19,20). The maximum atomic E-state index is 12.2. The Balaban J connectivity index is 1.86. The van der Waals surface area contributed by atoms with Gasteiger partial charge >= 0.3 is 5.97 Å². The highest BCUT2D eigenvalue weighted by Crippen LogP contribution is 2.24. The largest absolute Gasteiger partial charge is 0.481 e. The fourth-order valence-corrected chi connectivity index (χ4v) is 3.20. The molecule has 5 heteroatoms. The number of rotatable bonds is 5. The molecule has 21 heavy (non-hydrogen) atoms. The summed E-state index contributed by atoms with van der Waals surface area (Å²) in [6.07, 6.45) is 4.83. The van der Waals surface area contributed by atoms with Crippen LogP contribution in [-0.2, 0) is 10.5 Å². The van der Waals surface area contributed by atoms with Crippen LogP contribution in [0.1, 0.15) is 41.6 Å². The van der Waals surface area contributed by atoms with E-state index in [0.717, 1.165) is 18.6 Å². The van der Waals surface area contributed by atoms with Crippen molar-refractivity contribution < 1.29 is 14.7 Å². The van der Waals surface area contributed by atoms with Crippen LogP contribution in [-0.4, -0.2) is 29.3 Å². The van der Waals surface area contributed by atoms with Gasteiger partial charge in [-0.3, -0.25) is 9.59 Å². The van der Waals surface area contributed by atoms with Gasteiger partial charge in [0.25, 0.3) is 5.91 Å². The Labute approximate surface area is 129 Å². The lowest BCUT2D eigenvalue weighted by Gasteiger charge is -2.26. The number of aliphatic carboxylic acids is 1. The quantitative estimate of drug-likeness (QED) is 0.878. The average Bonchev–Trinajstić information content (AvgIpc) is 2.49. The van der Waals surface area contributed by atoms with Gasteiger partial charge < -0.3 is 10.4 Å². The molecule has 2 rings (SSSR count). The van der Waals surface area contributed by atoms with Crippen LogP contribution in [0.15, 0.2) is 24.3 Å². The number of thioether (sulfide) groups is 1. The third-order valence-corrected chi connectivity index (χ3v) is 4.56. The van der Waals surface area contributed by atoms with Crippen molar-refractivity contribution >= 4 is 23.6 Å². The van der Waals surface area contributed by atoms with E-state index in [0.29, 0.717) is 18.4 Å². The van der Waals surface area contributed by atoms with Crippen LogP contribution in [0.5, 0.6) is 0 Å². The molecule has 1 aromatic carbocycles.